The van der Waals surface area contributed by atoms with E-state index in [9.17, 15) is 9.59 Å². The van der Waals surface area contributed by atoms with E-state index >= 15 is 0 Å². The molecule has 23 heavy (non-hydrogen) atoms. The number of Topliss-reactive ketones (excluding diaryl/α,β-unsaturated/α-hetero) is 2. The van der Waals surface area contributed by atoms with Crippen LogP contribution in [-0.2, 0) is 9.59 Å². The molecule has 0 aromatic rings. The van der Waals surface area contributed by atoms with E-state index < -0.39 is 0 Å². The Balaban J connectivity index is 1.47. The molecule has 0 spiro atoms. The molecule has 0 aliphatic heterocycles. The third-order valence-electron chi connectivity index (χ3n) is 7.08. The number of rotatable bonds is 5. The standard InChI is InChI=1S/C21H34O2/c1-15-9-11-17(12-10-15)20(22)13-14-21(23)19-8-4-6-16-5-2-3-7-18(16)19/h15-19H,2-14H2,1H3. The Hall–Kier alpha value is -0.660. The lowest BCUT2D eigenvalue weighted by Gasteiger charge is -2.40. The fraction of sp³-hybridized carbons (Fsp3) is 0.905. The molecule has 0 amide bonds. The SMILES string of the molecule is CC1CCC(C(=O)CCC(=O)C2CCCC3CCCCC32)CC1. The van der Waals surface area contributed by atoms with Crippen LogP contribution in [0.1, 0.15) is 90.4 Å². The van der Waals surface area contributed by atoms with Crippen LogP contribution < -0.4 is 0 Å². The van der Waals surface area contributed by atoms with E-state index in [0.717, 1.165) is 31.1 Å². The van der Waals surface area contributed by atoms with Crippen molar-refractivity contribution in [2.75, 3.05) is 0 Å². The summed E-state index contributed by atoms with van der Waals surface area (Å²) in [5, 5.41) is 0. The summed E-state index contributed by atoms with van der Waals surface area (Å²) < 4.78 is 0. The number of hydrogen-bond acceptors (Lipinski definition) is 2. The fourth-order valence-electron chi connectivity index (χ4n) is 5.56. The maximum Gasteiger partial charge on any atom is 0.136 e. The molecule has 0 bridgehead atoms. The normalized spacial score (nSPS) is 37.9. The van der Waals surface area contributed by atoms with E-state index in [1.165, 1.54) is 51.4 Å². The second-order valence-electron chi connectivity index (χ2n) is 8.64. The minimum Gasteiger partial charge on any atom is -0.299 e. The summed E-state index contributed by atoms with van der Waals surface area (Å²) in [5.74, 6) is 3.57. The van der Waals surface area contributed by atoms with E-state index in [1.807, 2.05) is 0 Å². The van der Waals surface area contributed by atoms with Gasteiger partial charge in [-0.2, -0.15) is 0 Å². The second kappa shape index (κ2) is 7.94. The Labute approximate surface area is 141 Å². The van der Waals surface area contributed by atoms with Gasteiger partial charge in [0.2, 0.25) is 0 Å². The third kappa shape index (κ3) is 4.25. The topological polar surface area (TPSA) is 34.1 Å². The number of carbonyl (C=O) groups excluding carboxylic acids is 2. The van der Waals surface area contributed by atoms with Gasteiger partial charge in [-0.05, 0) is 43.4 Å². The van der Waals surface area contributed by atoms with Crippen LogP contribution in [0.4, 0.5) is 0 Å². The van der Waals surface area contributed by atoms with Crippen molar-refractivity contribution < 1.29 is 9.59 Å². The quantitative estimate of drug-likeness (QED) is 0.686. The Bertz CT molecular complexity index is 418. The van der Waals surface area contributed by atoms with Crippen LogP contribution in [0.15, 0.2) is 0 Å². The van der Waals surface area contributed by atoms with Crippen LogP contribution in [-0.4, -0.2) is 11.6 Å². The molecule has 0 aromatic heterocycles. The van der Waals surface area contributed by atoms with E-state index in [2.05, 4.69) is 6.92 Å². The van der Waals surface area contributed by atoms with Gasteiger partial charge in [-0.25, -0.2) is 0 Å². The first-order valence-corrected chi connectivity index (χ1v) is 10.2. The van der Waals surface area contributed by atoms with Gasteiger partial charge in [0.25, 0.3) is 0 Å². The molecule has 0 N–H and O–H groups in total. The van der Waals surface area contributed by atoms with Crippen molar-refractivity contribution in [1.82, 2.24) is 0 Å². The first kappa shape index (κ1) is 17.2. The second-order valence-corrected chi connectivity index (χ2v) is 8.64. The highest BCUT2D eigenvalue weighted by Gasteiger charge is 2.38. The molecule has 3 rings (SSSR count). The zero-order valence-corrected chi connectivity index (χ0v) is 14.9. The van der Waals surface area contributed by atoms with Gasteiger partial charge in [-0.3, -0.25) is 9.59 Å². The molecule has 0 heterocycles. The van der Waals surface area contributed by atoms with Crippen LogP contribution in [0, 0.1) is 29.6 Å². The van der Waals surface area contributed by atoms with Crippen LogP contribution in [0.3, 0.4) is 0 Å². The summed E-state index contributed by atoms with van der Waals surface area (Å²) in [6.45, 7) is 2.29. The number of ketones is 2. The minimum absolute atomic E-state index is 0.257. The highest BCUT2D eigenvalue weighted by Crippen LogP contribution is 2.44. The molecule has 0 saturated heterocycles. The van der Waals surface area contributed by atoms with Gasteiger partial charge in [0.05, 0.1) is 0 Å². The number of hydrogen-bond donors (Lipinski definition) is 0. The Morgan fingerprint density at radius 1 is 0.739 bits per heavy atom. The molecule has 3 aliphatic carbocycles. The van der Waals surface area contributed by atoms with Crippen molar-refractivity contribution in [3.8, 4) is 0 Å². The summed E-state index contributed by atoms with van der Waals surface area (Å²) in [6.07, 6.45) is 14.5. The molecule has 0 aromatic carbocycles. The van der Waals surface area contributed by atoms with Gasteiger partial charge in [0, 0.05) is 24.7 Å². The number of carbonyl (C=O) groups is 2. The van der Waals surface area contributed by atoms with Crippen molar-refractivity contribution in [1.29, 1.82) is 0 Å². The van der Waals surface area contributed by atoms with Gasteiger partial charge in [-0.15, -0.1) is 0 Å². The number of fused-ring (bicyclic) bond motifs is 1. The average molecular weight is 319 g/mol. The highest BCUT2D eigenvalue weighted by molar-refractivity contribution is 5.88. The van der Waals surface area contributed by atoms with Crippen molar-refractivity contribution >= 4 is 11.6 Å². The van der Waals surface area contributed by atoms with E-state index in [0.29, 0.717) is 30.3 Å². The summed E-state index contributed by atoms with van der Waals surface area (Å²) in [6, 6.07) is 0. The Kier molecular flexibility index (Phi) is 5.93. The lowest BCUT2D eigenvalue weighted by Crippen LogP contribution is -2.35. The predicted octanol–water partition coefficient (Wildman–Crippen LogP) is 5.34. The van der Waals surface area contributed by atoms with Crippen LogP contribution in [0.25, 0.3) is 0 Å². The maximum absolute atomic E-state index is 12.7. The molecule has 0 radical (unpaired) electrons. The maximum atomic E-state index is 12.7. The van der Waals surface area contributed by atoms with Crippen molar-refractivity contribution in [2.24, 2.45) is 29.6 Å². The Morgan fingerprint density at radius 3 is 2.17 bits per heavy atom. The van der Waals surface area contributed by atoms with Gasteiger partial charge in [0.1, 0.15) is 11.6 Å². The molecule has 3 saturated carbocycles. The Morgan fingerprint density at radius 2 is 1.39 bits per heavy atom. The molecular weight excluding hydrogens is 284 g/mol. The van der Waals surface area contributed by atoms with Crippen LogP contribution >= 0.6 is 0 Å². The molecule has 2 heteroatoms. The van der Waals surface area contributed by atoms with Crippen molar-refractivity contribution in [2.45, 2.75) is 90.4 Å². The summed E-state index contributed by atoms with van der Waals surface area (Å²) >= 11 is 0. The van der Waals surface area contributed by atoms with E-state index in [-0.39, 0.29) is 11.8 Å². The third-order valence-corrected chi connectivity index (χ3v) is 7.08. The first-order valence-electron chi connectivity index (χ1n) is 10.2. The van der Waals surface area contributed by atoms with Crippen LogP contribution in [0.5, 0.6) is 0 Å². The molecule has 3 fully saturated rings. The fourth-order valence-corrected chi connectivity index (χ4v) is 5.56. The van der Waals surface area contributed by atoms with Crippen molar-refractivity contribution in [3.05, 3.63) is 0 Å². The summed E-state index contributed by atoms with van der Waals surface area (Å²) in [4.78, 5) is 25.2. The zero-order valence-electron chi connectivity index (χ0n) is 14.9. The van der Waals surface area contributed by atoms with Crippen molar-refractivity contribution in [3.63, 3.8) is 0 Å². The average Bonchev–Trinajstić information content (AvgIpc) is 2.59. The van der Waals surface area contributed by atoms with Gasteiger partial charge >= 0.3 is 0 Å². The van der Waals surface area contributed by atoms with E-state index in [1.54, 1.807) is 0 Å². The largest absolute Gasteiger partial charge is 0.299 e. The highest BCUT2D eigenvalue weighted by atomic mass is 16.1. The first-order chi connectivity index (χ1) is 11.1. The van der Waals surface area contributed by atoms with E-state index in [4.69, 9.17) is 0 Å². The minimum atomic E-state index is 0.257. The molecule has 3 unspecified atom stereocenters. The monoisotopic (exact) mass is 318 g/mol. The van der Waals surface area contributed by atoms with Gasteiger partial charge < -0.3 is 0 Å². The summed E-state index contributed by atoms with van der Waals surface area (Å²) in [7, 11) is 0. The smallest absolute Gasteiger partial charge is 0.136 e. The summed E-state index contributed by atoms with van der Waals surface area (Å²) in [5.41, 5.74) is 0. The van der Waals surface area contributed by atoms with Crippen LogP contribution in [0.2, 0.25) is 0 Å². The lowest BCUT2D eigenvalue weighted by atomic mass is 9.64. The molecule has 3 aliphatic rings. The van der Waals surface area contributed by atoms with Gasteiger partial charge in [0.15, 0.2) is 0 Å². The predicted molar refractivity (Wildman–Crippen MR) is 93.2 cm³/mol. The molecule has 2 nitrogen and oxygen atoms in total. The molecular formula is C21H34O2. The molecule has 130 valence electrons. The molecule has 3 atom stereocenters. The van der Waals surface area contributed by atoms with Gasteiger partial charge in [-0.1, -0.05) is 51.9 Å². The zero-order chi connectivity index (χ0) is 16.2. The lowest BCUT2D eigenvalue weighted by molar-refractivity contribution is -0.131.